The summed E-state index contributed by atoms with van der Waals surface area (Å²) in [5.41, 5.74) is 2.26. The predicted octanol–water partition coefficient (Wildman–Crippen LogP) is 5.85. The largest absolute Gasteiger partial charge is 0.493 e. The SMILES string of the molecule is CCC1C=CC=CC1(c1ccncc1)c1ccc(OC)c(OC2CCCC2)c1. The van der Waals surface area contributed by atoms with E-state index >= 15 is 0 Å². The van der Waals surface area contributed by atoms with Gasteiger partial charge in [-0.3, -0.25) is 4.98 Å². The minimum Gasteiger partial charge on any atom is -0.493 e. The van der Waals surface area contributed by atoms with Crippen molar-refractivity contribution in [2.75, 3.05) is 7.11 Å². The Morgan fingerprint density at radius 3 is 2.50 bits per heavy atom. The van der Waals surface area contributed by atoms with Gasteiger partial charge >= 0.3 is 0 Å². The fraction of sp³-hybridized carbons (Fsp3) is 0.400. The standard InChI is InChI=1S/C25H29NO2/c1-3-19-8-6-7-15-25(19,20-13-16-26-17-14-20)21-11-12-23(27-2)24(18-21)28-22-9-4-5-10-22/h6-8,11-19,22H,3-5,9-10H2,1-2H3. The van der Waals surface area contributed by atoms with Gasteiger partial charge in [0.25, 0.3) is 0 Å². The third-order valence-corrected chi connectivity index (χ3v) is 6.23. The van der Waals surface area contributed by atoms with Crippen molar-refractivity contribution < 1.29 is 9.47 Å². The van der Waals surface area contributed by atoms with Gasteiger partial charge < -0.3 is 9.47 Å². The highest BCUT2D eigenvalue weighted by Gasteiger charge is 2.39. The summed E-state index contributed by atoms with van der Waals surface area (Å²) in [4.78, 5) is 4.24. The van der Waals surface area contributed by atoms with Crippen LogP contribution >= 0.6 is 0 Å². The van der Waals surface area contributed by atoms with Crippen molar-refractivity contribution in [2.45, 2.75) is 50.5 Å². The van der Waals surface area contributed by atoms with Crippen molar-refractivity contribution in [2.24, 2.45) is 5.92 Å². The maximum absolute atomic E-state index is 6.40. The van der Waals surface area contributed by atoms with Crippen LogP contribution in [0.1, 0.15) is 50.2 Å². The lowest BCUT2D eigenvalue weighted by atomic mass is 9.63. The molecule has 0 spiro atoms. The van der Waals surface area contributed by atoms with Gasteiger partial charge in [0.05, 0.1) is 13.2 Å². The molecule has 2 atom stereocenters. The Hall–Kier alpha value is -2.55. The Bertz CT molecular complexity index is 852. The average Bonchev–Trinajstić information content (AvgIpc) is 3.27. The third kappa shape index (κ3) is 3.34. The Morgan fingerprint density at radius 2 is 1.79 bits per heavy atom. The van der Waals surface area contributed by atoms with Gasteiger partial charge in [0, 0.05) is 17.8 Å². The van der Waals surface area contributed by atoms with Crippen LogP contribution in [0, 0.1) is 5.92 Å². The number of rotatable bonds is 6. The summed E-state index contributed by atoms with van der Waals surface area (Å²) in [7, 11) is 1.72. The lowest BCUT2D eigenvalue weighted by molar-refractivity contribution is 0.200. The molecule has 2 aromatic rings. The number of allylic oxidation sites excluding steroid dienone is 4. The second-order valence-corrected chi connectivity index (χ2v) is 7.75. The molecule has 2 aliphatic carbocycles. The Kier molecular flexibility index (Phi) is 5.52. The van der Waals surface area contributed by atoms with Gasteiger partial charge in [0.2, 0.25) is 0 Å². The Balaban J connectivity index is 1.82. The van der Waals surface area contributed by atoms with Crippen LogP contribution in [0.4, 0.5) is 0 Å². The van der Waals surface area contributed by atoms with Crippen molar-refractivity contribution >= 4 is 0 Å². The lowest BCUT2D eigenvalue weighted by Crippen LogP contribution is -2.35. The Morgan fingerprint density at radius 1 is 1.00 bits per heavy atom. The average molecular weight is 376 g/mol. The van der Waals surface area contributed by atoms with E-state index in [0.717, 1.165) is 30.8 Å². The predicted molar refractivity (Wildman–Crippen MR) is 113 cm³/mol. The quantitative estimate of drug-likeness (QED) is 0.635. The lowest BCUT2D eigenvalue weighted by Gasteiger charge is -2.40. The van der Waals surface area contributed by atoms with Crippen LogP contribution in [0.2, 0.25) is 0 Å². The van der Waals surface area contributed by atoms with Gasteiger partial charge in [-0.15, -0.1) is 0 Å². The smallest absolute Gasteiger partial charge is 0.161 e. The normalized spacial score (nSPS) is 24.4. The zero-order valence-corrected chi connectivity index (χ0v) is 16.8. The molecule has 0 bridgehead atoms. The monoisotopic (exact) mass is 375 g/mol. The molecule has 3 heteroatoms. The van der Waals surface area contributed by atoms with Gasteiger partial charge in [0.1, 0.15) is 0 Å². The van der Waals surface area contributed by atoms with Crippen molar-refractivity contribution in [1.82, 2.24) is 4.98 Å². The second-order valence-electron chi connectivity index (χ2n) is 7.75. The first kappa shape index (κ1) is 18.8. The second kappa shape index (κ2) is 8.22. The van der Waals surface area contributed by atoms with E-state index in [-0.39, 0.29) is 5.41 Å². The van der Waals surface area contributed by atoms with E-state index in [2.05, 4.69) is 66.5 Å². The zero-order valence-electron chi connectivity index (χ0n) is 16.8. The van der Waals surface area contributed by atoms with Crippen molar-refractivity contribution in [1.29, 1.82) is 0 Å². The molecule has 0 N–H and O–H groups in total. The first-order valence-corrected chi connectivity index (χ1v) is 10.4. The summed E-state index contributed by atoms with van der Waals surface area (Å²) in [6.07, 6.45) is 18.8. The highest BCUT2D eigenvalue weighted by Crippen LogP contribution is 2.47. The first-order valence-electron chi connectivity index (χ1n) is 10.4. The molecular weight excluding hydrogens is 346 g/mol. The van der Waals surface area contributed by atoms with Gasteiger partial charge in [-0.1, -0.05) is 37.3 Å². The molecule has 1 heterocycles. The molecule has 1 aromatic heterocycles. The fourth-order valence-corrected chi connectivity index (χ4v) is 4.77. The number of ether oxygens (including phenoxy) is 2. The molecule has 0 saturated heterocycles. The molecule has 1 fully saturated rings. The van der Waals surface area contributed by atoms with E-state index in [1.165, 1.54) is 24.0 Å². The molecular formula is C25H29NO2. The fourth-order valence-electron chi connectivity index (χ4n) is 4.77. The van der Waals surface area contributed by atoms with Crippen molar-refractivity contribution in [3.63, 3.8) is 0 Å². The Labute approximate surface area is 168 Å². The molecule has 146 valence electrons. The minimum atomic E-state index is -0.230. The highest BCUT2D eigenvalue weighted by atomic mass is 16.5. The van der Waals surface area contributed by atoms with Crippen LogP contribution in [-0.4, -0.2) is 18.2 Å². The van der Waals surface area contributed by atoms with E-state index in [1.807, 2.05) is 12.4 Å². The van der Waals surface area contributed by atoms with Gasteiger partial charge in [-0.05, 0) is 73.4 Å². The summed E-state index contributed by atoms with van der Waals surface area (Å²) < 4.78 is 12.0. The molecule has 0 aliphatic heterocycles. The number of hydrogen-bond donors (Lipinski definition) is 0. The summed E-state index contributed by atoms with van der Waals surface area (Å²) >= 11 is 0. The number of aromatic nitrogens is 1. The highest BCUT2D eigenvalue weighted by molar-refractivity contribution is 5.54. The van der Waals surface area contributed by atoms with Crippen LogP contribution < -0.4 is 9.47 Å². The van der Waals surface area contributed by atoms with Crippen LogP contribution in [0.3, 0.4) is 0 Å². The van der Waals surface area contributed by atoms with Crippen LogP contribution in [-0.2, 0) is 5.41 Å². The van der Waals surface area contributed by atoms with Gasteiger partial charge in [-0.25, -0.2) is 0 Å². The van der Waals surface area contributed by atoms with E-state index in [1.54, 1.807) is 7.11 Å². The number of benzene rings is 1. The molecule has 2 aliphatic rings. The first-order chi connectivity index (χ1) is 13.8. The minimum absolute atomic E-state index is 0.230. The van der Waals surface area contributed by atoms with E-state index in [9.17, 15) is 0 Å². The zero-order chi connectivity index (χ0) is 19.4. The van der Waals surface area contributed by atoms with Crippen LogP contribution in [0.15, 0.2) is 67.0 Å². The molecule has 0 radical (unpaired) electrons. The van der Waals surface area contributed by atoms with Crippen molar-refractivity contribution in [3.05, 3.63) is 78.2 Å². The van der Waals surface area contributed by atoms with E-state index < -0.39 is 0 Å². The van der Waals surface area contributed by atoms with Crippen molar-refractivity contribution in [3.8, 4) is 11.5 Å². The molecule has 28 heavy (non-hydrogen) atoms. The summed E-state index contributed by atoms with van der Waals surface area (Å²) in [6.45, 7) is 2.25. The maximum atomic E-state index is 6.40. The summed E-state index contributed by atoms with van der Waals surface area (Å²) in [5, 5.41) is 0. The third-order valence-electron chi connectivity index (χ3n) is 6.23. The van der Waals surface area contributed by atoms with Gasteiger partial charge in [-0.2, -0.15) is 0 Å². The maximum Gasteiger partial charge on any atom is 0.161 e. The molecule has 0 amide bonds. The summed E-state index contributed by atoms with van der Waals surface area (Å²) in [6, 6.07) is 10.7. The summed E-state index contributed by atoms with van der Waals surface area (Å²) in [5.74, 6) is 2.04. The van der Waals surface area contributed by atoms with Crippen LogP contribution in [0.5, 0.6) is 11.5 Å². The van der Waals surface area contributed by atoms with E-state index in [0.29, 0.717) is 12.0 Å². The number of methoxy groups -OCH3 is 1. The molecule has 1 saturated carbocycles. The number of nitrogens with zero attached hydrogens (tertiary/aromatic N) is 1. The number of hydrogen-bond acceptors (Lipinski definition) is 3. The topological polar surface area (TPSA) is 31.4 Å². The van der Waals surface area contributed by atoms with E-state index in [4.69, 9.17) is 9.47 Å². The molecule has 4 rings (SSSR count). The molecule has 2 unspecified atom stereocenters. The van der Waals surface area contributed by atoms with Crippen LogP contribution in [0.25, 0.3) is 0 Å². The number of pyridine rings is 1. The molecule has 3 nitrogen and oxygen atoms in total. The van der Waals surface area contributed by atoms with Gasteiger partial charge in [0.15, 0.2) is 11.5 Å². The molecule has 1 aromatic carbocycles.